The highest BCUT2D eigenvalue weighted by Crippen LogP contribution is 2.37. The molecule has 1 aromatic rings. The van der Waals surface area contributed by atoms with E-state index in [1.165, 1.54) is 18.2 Å². The minimum atomic E-state index is -0.198. The molecule has 0 spiro atoms. The third-order valence-electron chi connectivity index (χ3n) is 3.06. The fraction of sp³-hybridized carbons (Fsp3) is 0.538. The van der Waals surface area contributed by atoms with Crippen LogP contribution in [0.4, 0.5) is 4.39 Å². The molecule has 4 heteroatoms. The van der Waals surface area contributed by atoms with Gasteiger partial charge in [-0.3, -0.25) is 0 Å². The minimum Gasteiger partial charge on any atom is -0.309 e. The zero-order chi connectivity index (χ0) is 12.3. The summed E-state index contributed by atoms with van der Waals surface area (Å²) in [6, 6.07) is 5.08. The van der Waals surface area contributed by atoms with Crippen LogP contribution in [-0.4, -0.2) is 17.5 Å². The molecule has 17 heavy (non-hydrogen) atoms. The molecule has 2 atom stereocenters. The largest absolute Gasteiger partial charge is 0.309 e. The van der Waals surface area contributed by atoms with Gasteiger partial charge in [0.2, 0.25) is 0 Å². The summed E-state index contributed by atoms with van der Waals surface area (Å²) < 4.78 is 13.9. The first-order valence-electron chi connectivity index (χ1n) is 6.02. The van der Waals surface area contributed by atoms with Crippen molar-refractivity contribution < 1.29 is 4.39 Å². The van der Waals surface area contributed by atoms with Crippen LogP contribution in [0.3, 0.4) is 0 Å². The molecule has 1 heterocycles. The molecule has 1 nitrogen and oxygen atoms in total. The average molecular weight is 274 g/mol. The summed E-state index contributed by atoms with van der Waals surface area (Å²) in [6.07, 6.45) is 2.39. The van der Waals surface area contributed by atoms with Gasteiger partial charge in [-0.15, -0.1) is 0 Å². The molecular formula is C13H17ClFNS. The molecule has 0 bridgehead atoms. The Kier molecular flexibility index (Phi) is 4.71. The molecule has 1 aromatic carbocycles. The Morgan fingerprint density at radius 3 is 3.00 bits per heavy atom. The third kappa shape index (κ3) is 3.15. The lowest BCUT2D eigenvalue weighted by Gasteiger charge is -2.24. The molecular weight excluding hydrogens is 257 g/mol. The molecule has 1 saturated heterocycles. The molecule has 0 saturated carbocycles. The second-order valence-corrected chi connectivity index (χ2v) is 6.04. The fourth-order valence-electron chi connectivity index (χ4n) is 2.28. The van der Waals surface area contributed by atoms with Crippen LogP contribution in [0, 0.1) is 5.82 Å². The van der Waals surface area contributed by atoms with Crippen molar-refractivity contribution in [1.82, 2.24) is 5.32 Å². The highest BCUT2D eigenvalue weighted by molar-refractivity contribution is 8.00. The standard InChI is InChI=1S/C13H17ClFNS/c1-2-16-13(12-4-3-7-17-12)10-6-5-9(14)8-11(10)15/h5-6,8,12-13,16H,2-4,7H2,1H3. The van der Waals surface area contributed by atoms with Crippen LogP contribution in [0.1, 0.15) is 31.4 Å². The van der Waals surface area contributed by atoms with Crippen molar-refractivity contribution in [1.29, 1.82) is 0 Å². The third-order valence-corrected chi connectivity index (χ3v) is 4.75. The number of rotatable bonds is 4. The van der Waals surface area contributed by atoms with E-state index in [1.54, 1.807) is 6.07 Å². The SMILES string of the molecule is CCNC(c1ccc(Cl)cc1F)C1CCCS1. The quantitative estimate of drug-likeness (QED) is 0.889. The van der Waals surface area contributed by atoms with E-state index in [-0.39, 0.29) is 11.9 Å². The molecule has 2 rings (SSSR count). The highest BCUT2D eigenvalue weighted by Gasteiger charge is 2.28. The van der Waals surface area contributed by atoms with E-state index in [2.05, 4.69) is 12.2 Å². The number of halogens is 2. The van der Waals surface area contributed by atoms with Crippen molar-refractivity contribution in [2.45, 2.75) is 31.1 Å². The second kappa shape index (κ2) is 6.07. The Morgan fingerprint density at radius 1 is 1.59 bits per heavy atom. The number of nitrogens with one attached hydrogen (secondary N) is 1. The second-order valence-electron chi connectivity index (χ2n) is 4.25. The predicted octanol–water partition coefficient (Wildman–Crippen LogP) is 4.03. The van der Waals surface area contributed by atoms with Crippen molar-refractivity contribution in [3.8, 4) is 0 Å². The Balaban J connectivity index is 2.24. The van der Waals surface area contributed by atoms with Gasteiger partial charge < -0.3 is 5.32 Å². The maximum Gasteiger partial charge on any atom is 0.129 e. The van der Waals surface area contributed by atoms with Gasteiger partial charge in [0.05, 0.1) is 0 Å². The molecule has 2 unspecified atom stereocenters. The van der Waals surface area contributed by atoms with E-state index in [9.17, 15) is 4.39 Å². The topological polar surface area (TPSA) is 12.0 Å². The first-order chi connectivity index (χ1) is 8.22. The van der Waals surface area contributed by atoms with Gasteiger partial charge in [-0.2, -0.15) is 11.8 Å². The molecule has 94 valence electrons. The van der Waals surface area contributed by atoms with E-state index in [1.807, 2.05) is 17.8 Å². The van der Waals surface area contributed by atoms with Crippen LogP contribution in [0.15, 0.2) is 18.2 Å². The van der Waals surface area contributed by atoms with E-state index < -0.39 is 0 Å². The Hall–Kier alpha value is -0.250. The zero-order valence-corrected chi connectivity index (χ0v) is 11.5. The van der Waals surface area contributed by atoms with Gasteiger partial charge in [0, 0.05) is 21.9 Å². The van der Waals surface area contributed by atoms with Crippen molar-refractivity contribution in [2.75, 3.05) is 12.3 Å². The summed E-state index contributed by atoms with van der Waals surface area (Å²) in [5.41, 5.74) is 0.746. The lowest BCUT2D eigenvalue weighted by atomic mass is 10.00. The normalized spacial score (nSPS) is 21.7. The molecule has 0 aliphatic carbocycles. The van der Waals surface area contributed by atoms with Crippen molar-refractivity contribution in [2.24, 2.45) is 0 Å². The molecule has 0 amide bonds. The summed E-state index contributed by atoms with van der Waals surface area (Å²) in [5, 5.41) is 4.33. The van der Waals surface area contributed by atoms with Gasteiger partial charge in [-0.25, -0.2) is 4.39 Å². The highest BCUT2D eigenvalue weighted by atomic mass is 35.5. The molecule has 0 aromatic heterocycles. The summed E-state index contributed by atoms with van der Waals surface area (Å²) in [7, 11) is 0. The number of thioether (sulfide) groups is 1. The van der Waals surface area contributed by atoms with E-state index in [4.69, 9.17) is 11.6 Å². The summed E-state index contributed by atoms with van der Waals surface area (Å²) in [6.45, 7) is 2.91. The van der Waals surface area contributed by atoms with Crippen LogP contribution in [0.25, 0.3) is 0 Å². The summed E-state index contributed by atoms with van der Waals surface area (Å²) in [4.78, 5) is 0. The van der Waals surface area contributed by atoms with Crippen molar-refractivity contribution >= 4 is 23.4 Å². The number of benzene rings is 1. The van der Waals surface area contributed by atoms with Crippen molar-refractivity contribution in [3.63, 3.8) is 0 Å². The van der Waals surface area contributed by atoms with Crippen LogP contribution in [0.2, 0.25) is 5.02 Å². The molecule has 0 radical (unpaired) electrons. The van der Waals surface area contributed by atoms with E-state index >= 15 is 0 Å². The van der Waals surface area contributed by atoms with Crippen molar-refractivity contribution in [3.05, 3.63) is 34.6 Å². The number of hydrogen-bond acceptors (Lipinski definition) is 2. The maximum atomic E-state index is 13.9. The lowest BCUT2D eigenvalue weighted by Crippen LogP contribution is -2.29. The average Bonchev–Trinajstić information content (AvgIpc) is 2.80. The van der Waals surface area contributed by atoms with Gasteiger partial charge in [0.25, 0.3) is 0 Å². The summed E-state index contributed by atoms with van der Waals surface area (Å²) in [5.74, 6) is 0.984. The van der Waals surface area contributed by atoms with Crippen LogP contribution < -0.4 is 5.32 Å². The van der Waals surface area contributed by atoms with Crippen LogP contribution in [0.5, 0.6) is 0 Å². The molecule has 1 fully saturated rings. The van der Waals surface area contributed by atoms with Gasteiger partial charge in [-0.05, 0) is 37.3 Å². The first kappa shape index (κ1) is 13.2. The smallest absolute Gasteiger partial charge is 0.129 e. The molecule has 1 N–H and O–H groups in total. The van der Waals surface area contributed by atoms with Gasteiger partial charge in [0.15, 0.2) is 0 Å². The van der Waals surface area contributed by atoms with Gasteiger partial charge >= 0.3 is 0 Å². The Morgan fingerprint density at radius 2 is 2.41 bits per heavy atom. The van der Waals surface area contributed by atoms with Crippen LogP contribution in [-0.2, 0) is 0 Å². The predicted molar refractivity (Wildman–Crippen MR) is 73.3 cm³/mol. The number of hydrogen-bond donors (Lipinski definition) is 1. The van der Waals surface area contributed by atoms with Gasteiger partial charge in [0.1, 0.15) is 5.82 Å². The Labute approximate surface area is 111 Å². The van der Waals surface area contributed by atoms with E-state index in [0.29, 0.717) is 10.3 Å². The molecule has 1 aliphatic rings. The van der Waals surface area contributed by atoms with Crippen LogP contribution >= 0.6 is 23.4 Å². The fourth-order valence-corrected chi connectivity index (χ4v) is 3.84. The minimum absolute atomic E-state index is 0.102. The monoisotopic (exact) mass is 273 g/mol. The first-order valence-corrected chi connectivity index (χ1v) is 7.45. The molecule has 1 aliphatic heterocycles. The van der Waals surface area contributed by atoms with E-state index in [0.717, 1.165) is 18.5 Å². The Bertz CT molecular complexity index is 380. The zero-order valence-electron chi connectivity index (χ0n) is 9.88. The lowest BCUT2D eigenvalue weighted by molar-refractivity contribution is 0.489. The summed E-state index contributed by atoms with van der Waals surface area (Å²) >= 11 is 7.73. The maximum absolute atomic E-state index is 13.9. The van der Waals surface area contributed by atoms with Gasteiger partial charge in [-0.1, -0.05) is 24.6 Å².